The highest BCUT2D eigenvalue weighted by Gasteiger charge is 2.30. The van der Waals surface area contributed by atoms with Crippen LogP contribution in [0.15, 0.2) is 18.2 Å². The molecule has 1 aliphatic heterocycles. The number of benzene rings is 1. The van der Waals surface area contributed by atoms with Gasteiger partial charge < -0.3 is 20.9 Å². The molecule has 0 aromatic heterocycles. The third-order valence-corrected chi connectivity index (χ3v) is 3.62. The molecule has 0 unspecified atom stereocenters. The van der Waals surface area contributed by atoms with Crippen LogP contribution < -0.4 is 11.1 Å². The number of aliphatic hydroxyl groups is 1. The van der Waals surface area contributed by atoms with Gasteiger partial charge in [0.1, 0.15) is 0 Å². The van der Waals surface area contributed by atoms with E-state index in [-0.39, 0.29) is 12.5 Å². The molecule has 1 fully saturated rings. The van der Waals surface area contributed by atoms with Gasteiger partial charge in [0, 0.05) is 43.9 Å². The maximum Gasteiger partial charge on any atom is 0.251 e. The van der Waals surface area contributed by atoms with Crippen molar-refractivity contribution in [3.05, 3.63) is 29.3 Å². The van der Waals surface area contributed by atoms with Gasteiger partial charge in [-0.1, -0.05) is 6.07 Å². The molecule has 1 aromatic rings. The molecule has 5 nitrogen and oxygen atoms in total. The molecule has 1 saturated heterocycles. The first-order valence-electron chi connectivity index (χ1n) is 6.45. The Hall–Kier alpha value is -1.59. The summed E-state index contributed by atoms with van der Waals surface area (Å²) in [6, 6.07) is 5.24. The second kappa shape index (κ2) is 5.59. The summed E-state index contributed by atoms with van der Waals surface area (Å²) in [4.78, 5) is 12.1. The van der Waals surface area contributed by atoms with Crippen molar-refractivity contribution in [2.24, 2.45) is 0 Å². The smallest absolute Gasteiger partial charge is 0.251 e. The Balaban J connectivity index is 1.99. The van der Waals surface area contributed by atoms with E-state index in [2.05, 4.69) is 5.32 Å². The van der Waals surface area contributed by atoms with E-state index in [0.29, 0.717) is 37.3 Å². The van der Waals surface area contributed by atoms with Crippen LogP contribution >= 0.6 is 0 Å². The Morgan fingerprint density at radius 2 is 2.16 bits per heavy atom. The molecule has 5 heteroatoms. The first kappa shape index (κ1) is 13.8. The van der Waals surface area contributed by atoms with Gasteiger partial charge in [0.2, 0.25) is 0 Å². The molecule has 1 aliphatic rings. The summed E-state index contributed by atoms with van der Waals surface area (Å²) in [5.74, 6) is -0.204. The lowest BCUT2D eigenvalue weighted by molar-refractivity contribution is -0.0605. The van der Waals surface area contributed by atoms with Crippen LogP contribution in [0, 0.1) is 6.92 Å². The van der Waals surface area contributed by atoms with Crippen molar-refractivity contribution < 1.29 is 14.6 Å². The van der Waals surface area contributed by atoms with Crippen LogP contribution in [0.5, 0.6) is 0 Å². The molecule has 0 aliphatic carbocycles. The Bertz CT molecular complexity index is 468. The fraction of sp³-hybridized carbons (Fsp3) is 0.500. The summed E-state index contributed by atoms with van der Waals surface area (Å²) in [6.07, 6.45) is 1.09. The van der Waals surface area contributed by atoms with Crippen molar-refractivity contribution in [3.63, 3.8) is 0 Å². The number of amides is 1. The highest BCUT2D eigenvalue weighted by atomic mass is 16.5. The van der Waals surface area contributed by atoms with Crippen molar-refractivity contribution in [1.82, 2.24) is 5.32 Å². The number of carbonyl (C=O) groups excluding carboxylic acids is 1. The average molecular weight is 264 g/mol. The highest BCUT2D eigenvalue weighted by Crippen LogP contribution is 2.20. The lowest BCUT2D eigenvalue weighted by atomic mass is 9.94. The quantitative estimate of drug-likeness (QED) is 0.707. The van der Waals surface area contributed by atoms with E-state index in [1.807, 2.05) is 6.92 Å². The molecule has 104 valence electrons. The van der Waals surface area contributed by atoms with Gasteiger partial charge >= 0.3 is 0 Å². The van der Waals surface area contributed by atoms with Crippen LogP contribution in [0.3, 0.4) is 0 Å². The number of carbonyl (C=O) groups is 1. The molecule has 0 radical (unpaired) electrons. The minimum absolute atomic E-state index is 0.204. The van der Waals surface area contributed by atoms with Crippen LogP contribution in [-0.4, -0.2) is 36.4 Å². The molecule has 0 saturated carbocycles. The zero-order valence-corrected chi connectivity index (χ0v) is 11.1. The van der Waals surface area contributed by atoms with Gasteiger partial charge in [0.05, 0.1) is 5.60 Å². The van der Waals surface area contributed by atoms with Crippen molar-refractivity contribution >= 4 is 11.6 Å². The third kappa shape index (κ3) is 3.24. The van der Waals surface area contributed by atoms with Crippen LogP contribution in [0.25, 0.3) is 0 Å². The second-order valence-electron chi connectivity index (χ2n) is 5.04. The molecule has 0 spiro atoms. The Morgan fingerprint density at radius 3 is 2.84 bits per heavy atom. The minimum atomic E-state index is -0.859. The summed E-state index contributed by atoms with van der Waals surface area (Å²) >= 11 is 0. The zero-order valence-electron chi connectivity index (χ0n) is 11.1. The minimum Gasteiger partial charge on any atom is -0.398 e. The predicted octanol–water partition coefficient (Wildman–Crippen LogP) is 0.849. The van der Waals surface area contributed by atoms with E-state index in [9.17, 15) is 9.90 Å². The largest absolute Gasteiger partial charge is 0.398 e. The van der Waals surface area contributed by atoms with E-state index in [1.54, 1.807) is 18.2 Å². The summed E-state index contributed by atoms with van der Waals surface area (Å²) in [7, 11) is 0. The molecular weight excluding hydrogens is 244 g/mol. The summed E-state index contributed by atoms with van der Waals surface area (Å²) in [5.41, 5.74) is 6.83. The number of nitrogen functional groups attached to an aromatic ring is 1. The van der Waals surface area contributed by atoms with Gasteiger partial charge in [-0.05, 0) is 24.6 Å². The van der Waals surface area contributed by atoms with Crippen molar-refractivity contribution in [1.29, 1.82) is 0 Å². The zero-order chi connectivity index (χ0) is 13.9. The van der Waals surface area contributed by atoms with Crippen LogP contribution in [0.1, 0.15) is 28.8 Å². The van der Waals surface area contributed by atoms with E-state index < -0.39 is 5.60 Å². The maximum atomic E-state index is 12.1. The first-order chi connectivity index (χ1) is 9.02. The normalized spacial score (nSPS) is 18.0. The van der Waals surface area contributed by atoms with E-state index in [4.69, 9.17) is 10.5 Å². The van der Waals surface area contributed by atoms with Gasteiger partial charge in [-0.15, -0.1) is 0 Å². The average Bonchev–Trinajstić information content (AvgIpc) is 2.40. The number of ether oxygens (including phenoxy) is 1. The monoisotopic (exact) mass is 264 g/mol. The number of nitrogens with two attached hydrogens (primary N) is 1. The fourth-order valence-corrected chi connectivity index (χ4v) is 2.17. The lowest BCUT2D eigenvalue weighted by Crippen LogP contribution is -2.46. The van der Waals surface area contributed by atoms with E-state index in [0.717, 1.165) is 5.56 Å². The summed E-state index contributed by atoms with van der Waals surface area (Å²) < 4.78 is 5.20. The predicted molar refractivity (Wildman–Crippen MR) is 72.9 cm³/mol. The maximum absolute atomic E-state index is 12.1. The number of rotatable bonds is 3. The molecule has 1 amide bonds. The van der Waals surface area contributed by atoms with Crippen LogP contribution in [-0.2, 0) is 4.74 Å². The van der Waals surface area contributed by atoms with E-state index in [1.165, 1.54) is 0 Å². The second-order valence-corrected chi connectivity index (χ2v) is 5.04. The summed E-state index contributed by atoms with van der Waals surface area (Å²) in [5, 5.41) is 13.0. The SMILES string of the molecule is Cc1c(N)cccc1C(=O)NCC1(O)CCOCC1. The number of anilines is 1. The number of hydrogen-bond donors (Lipinski definition) is 3. The molecule has 19 heavy (non-hydrogen) atoms. The number of nitrogens with one attached hydrogen (secondary N) is 1. The van der Waals surface area contributed by atoms with Crippen LogP contribution in [0.2, 0.25) is 0 Å². The molecule has 1 aromatic carbocycles. The van der Waals surface area contributed by atoms with Gasteiger partial charge in [0.15, 0.2) is 0 Å². The van der Waals surface area contributed by atoms with Crippen LogP contribution in [0.4, 0.5) is 5.69 Å². The standard InChI is InChI=1S/C14H20N2O3/c1-10-11(3-2-4-12(10)15)13(17)16-9-14(18)5-7-19-8-6-14/h2-4,18H,5-9,15H2,1H3,(H,16,17). The Kier molecular flexibility index (Phi) is 4.07. The molecule has 0 bridgehead atoms. The van der Waals surface area contributed by atoms with Gasteiger partial charge in [0.25, 0.3) is 5.91 Å². The van der Waals surface area contributed by atoms with Gasteiger partial charge in [-0.3, -0.25) is 4.79 Å². The molecule has 2 rings (SSSR count). The third-order valence-electron chi connectivity index (χ3n) is 3.62. The van der Waals surface area contributed by atoms with Crippen molar-refractivity contribution in [2.45, 2.75) is 25.4 Å². The van der Waals surface area contributed by atoms with Gasteiger partial charge in [-0.2, -0.15) is 0 Å². The molecular formula is C14H20N2O3. The van der Waals surface area contributed by atoms with Gasteiger partial charge in [-0.25, -0.2) is 0 Å². The van der Waals surface area contributed by atoms with E-state index >= 15 is 0 Å². The highest BCUT2D eigenvalue weighted by molar-refractivity contribution is 5.96. The molecule has 0 atom stereocenters. The summed E-state index contributed by atoms with van der Waals surface area (Å²) in [6.45, 7) is 3.12. The van der Waals surface area contributed by atoms with Crippen molar-refractivity contribution in [2.75, 3.05) is 25.5 Å². The fourth-order valence-electron chi connectivity index (χ4n) is 2.17. The molecule has 4 N–H and O–H groups in total. The van der Waals surface area contributed by atoms with Crippen molar-refractivity contribution in [3.8, 4) is 0 Å². The topological polar surface area (TPSA) is 84.6 Å². The number of hydrogen-bond acceptors (Lipinski definition) is 4. The molecule has 1 heterocycles. The Labute approximate surface area is 112 Å². The lowest BCUT2D eigenvalue weighted by Gasteiger charge is -2.32. The Morgan fingerprint density at radius 1 is 1.47 bits per heavy atom. The first-order valence-corrected chi connectivity index (χ1v) is 6.45.